The molecule has 0 atom stereocenters. The lowest BCUT2D eigenvalue weighted by atomic mass is 10.2. The Morgan fingerprint density at radius 1 is 1.47 bits per heavy atom. The van der Waals surface area contributed by atoms with Crippen molar-refractivity contribution in [2.75, 3.05) is 12.3 Å². The molecule has 2 aromatic heterocycles. The lowest BCUT2D eigenvalue weighted by Gasteiger charge is -2.03. The molecule has 3 N–H and O–H groups in total. The Labute approximate surface area is 103 Å². The number of amides is 1. The van der Waals surface area contributed by atoms with E-state index in [1.807, 2.05) is 5.38 Å². The monoisotopic (exact) mass is 248 g/mol. The molecule has 88 valence electrons. The molecule has 0 unspecified atom stereocenters. The van der Waals surface area contributed by atoms with Gasteiger partial charge in [-0.05, 0) is 6.07 Å². The Morgan fingerprint density at radius 3 is 3.06 bits per heavy atom. The van der Waals surface area contributed by atoms with Crippen LogP contribution in [0.1, 0.15) is 15.4 Å². The second-order valence-corrected chi connectivity index (χ2v) is 4.42. The number of rotatable bonds is 4. The molecule has 0 aliphatic heterocycles. The van der Waals surface area contributed by atoms with Gasteiger partial charge in [-0.2, -0.15) is 0 Å². The zero-order valence-electron chi connectivity index (χ0n) is 9.09. The van der Waals surface area contributed by atoms with Crippen LogP contribution in [0.2, 0.25) is 0 Å². The van der Waals surface area contributed by atoms with Crippen LogP contribution >= 0.6 is 11.3 Å². The fourth-order valence-corrected chi connectivity index (χ4v) is 1.96. The second-order valence-electron chi connectivity index (χ2n) is 3.44. The SMILES string of the molecule is Nc1cncc(C(=O)NCCc2nccs2)c1. The summed E-state index contributed by atoms with van der Waals surface area (Å²) in [5.41, 5.74) is 6.51. The maximum atomic E-state index is 11.7. The highest BCUT2D eigenvalue weighted by Crippen LogP contribution is 2.05. The molecule has 5 nitrogen and oxygen atoms in total. The molecule has 0 radical (unpaired) electrons. The van der Waals surface area contributed by atoms with Crippen molar-refractivity contribution < 1.29 is 4.79 Å². The summed E-state index contributed by atoms with van der Waals surface area (Å²) in [6, 6.07) is 1.60. The predicted octanol–water partition coefficient (Wildman–Crippen LogP) is 1.09. The largest absolute Gasteiger partial charge is 0.397 e. The van der Waals surface area contributed by atoms with Gasteiger partial charge < -0.3 is 11.1 Å². The lowest BCUT2D eigenvalue weighted by molar-refractivity contribution is 0.0954. The Bertz CT molecular complexity index is 498. The summed E-state index contributed by atoms with van der Waals surface area (Å²) in [5, 5.41) is 5.72. The van der Waals surface area contributed by atoms with Crippen LogP contribution in [0.4, 0.5) is 5.69 Å². The number of carbonyl (C=O) groups is 1. The Kier molecular flexibility index (Phi) is 3.66. The highest BCUT2D eigenvalue weighted by molar-refractivity contribution is 7.09. The molecule has 2 aromatic rings. The van der Waals surface area contributed by atoms with Gasteiger partial charge in [0.05, 0.1) is 16.3 Å². The van der Waals surface area contributed by atoms with Crippen molar-refractivity contribution in [3.8, 4) is 0 Å². The van der Waals surface area contributed by atoms with Gasteiger partial charge in [0.1, 0.15) is 0 Å². The zero-order valence-corrected chi connectivity index (χ0v) is 9.91. The Hall–Kier alpha value is -1.95. The van der Waals surface area contributed by atoms with Crippen LogP contribution in [0.25, 0.3) is 0 Å². The molecule has 6 heteroatoms. The fraction of sp³-hybridized carbons (Fsp3) is 0.182. The first-order valence-electron chi connectivity index (χ1n) is 5.13. The summed E-state index contributed by atoms with van der Waals surface area (Å²) < 4.78 is 0. The molecule has 1 amide bonds. The lowest BCUT2D eigenvalue weighted by Crippen LogP contribution is -2.25. The van der Waals surface area contributed by atoms with E-state index < -0.39 is 0 Å². The van der Waals surface area contributed by atoms with Crippen molar-refractivity contribution in [1.29, 1.82) is 0 Å². The molecule has 0 fully saturated rings. The van der Waals surface area contributed by atoms with E-state index in [0.717, 1.165) is 11.4 Å². The number of nitrogens with zero attached hydrogens (tertiary/aromatic N) is 2. The maximum Gasteiger partial charge on any atom is 0.252 e. The summed E-state index contributed by atoms with van der Waals surface area (Å²) >= 11 is 1.58. The average Bonchev–Trinajstić information content (AvgIpc) is 2.82. The number of aromatic nitrogens is 2. The smallest absolute Gasteiger partial charge is 0.252 e. The third kappa shape index (κ3) is 3.25. The van der Waals surface area contributed by atoms with Gasteiger partial charge in [-0.1, -0.05) is 0 Å². The first-order valence-corrected chi connectivity index (χ1v) is 6.01. The van der Waals surface area contributed by atoms with Crippen LogP contribution in [0.15, 0.2) is 30.0 Å². The molecular weight excluding hydrogens is 236 g/mol. The van der Waals surface area contributed by atoms with E-state index in [4.69, 9.17) is 5.73 Å². The highest BCUT2D eigenvalue weighted by Gasteiger charge is 2.05. The predicted molar refractivity (Wildman–Crippen MR) is 66.8 cm³/mol. The first kappa shape index (κ1) is 11.5. The minimum absolute atomic E-state index is 0.165. The number of anilines is 1. The van der Waals surface area contributed by atoms with Crippen molar-refractivity contribution in [3.05, 3.63) is 40.6 Å². The Balaban J connectivity index is 1.85. The van der Waals surface area contributed by atoms with E-state index in [9.17, 15) is 4.79 Å². The highest BCUT2D eigenvalue weighted by atomic mass is 32.1. The van der Waals surface area contributed by atoms with Crippen LogP contribution in [0, 0.1) is 0 Å². The average molecular weight is 248 g/mol. The van der Waals surface area contributed by atoms with Crippen LogP contribution in [-0.2, 0) is 6.42 Å². The molecule has 0 aromatic carbocycles. The quantitative estimate of drug-likeness (QED) is 0.848. The van der Waals surface area contributed by atoms with Gasteiger partial charge in [0.15, 0.2) is 0 Å². The second kappa shape index (κ2) is 5.40. The number of carbonyl (C=O) groups excluding carboxylic acids is 1. The van der Waals surface area contributed by atoms with E-state index in [1.165, 1.54) is 12.4 Å². The minimum Gasteiger partial charge on any atom is -0.397 e. The van der Waals surface area contributed by atoms with Gasteiger partial charge in [-0.15, -0.1) is 11.3 Å². The molecule has 0 aliphatic rings. The number of hydrogen-bond acceptors (Lipinski definition) is 5. The standard InChI is InChI=1S/C11H12N4OS/c12-9-5-8(6-13-7-9)11(16)15-2-1-10-14-3-4-17-10/h3-7H,1-2,12H2,(H,15,16). The molecule has 0 saturated heterocycles. The van der Waals surface area contributed by atoms with Crippen molar-refractivity contribution in [3.63, 3.8) is 0 Å². The number of pyridine rings is 1. The van der Waals surface area contributed by atoms with E-state index >= 15 is 0 Å². The number of thiazole rings is 1. The number of nitrogen functional groups attached to an aromatic ring is 1. The fourth-order valence-electron chi connectivity index (χ4n) is 1.34. The Morgan fingerprint density at radius 2 is 2.35 bits per heavy atom. The molecular formula is C11H12N4OS. The summed E-state index contributed by atoms with van der Waals surface area (Å²) in [5.74, 6) is -0.165. The van der Waals surface area contributed by atoms with Gasteiger partial charge in [0.2, 0.25) is 0 Å². The molecule has 0 saturated carbocycles. The van der Waals surface area contributed by atoms with Crippen LogP contribution < -0.4 is 11.1 Å². The number of nitrogens with two attached hydrogens (primary N) is 1. The van der Waals surface area contributed by atoms with E-state index in [1.54, 1.807) is 23.6 Å². The molecule has 2 rings (SSSR count). The first-order chi connectivity index (χ1) is 8.25. The number of nitrogens with one attached hydrogen (secondary N) is 1. The van der Waals surface area contributed by atoms with E-state index in [0.29, 0.717) is 17.8 Å². The van der Waals surface area contributed by atoms with Gasteiger partial charge in [-0.25, -0.2) is 4.98 Å². The summed E-state index contributed by atoms with van der Waals surface area (Å²) in [6.45, 7) is 0.557. The van der Waals surface area contributed by atoms with E-state index in [-0.39, 0.29) is 5.91 Å². The summed E-state index contributed by atoms with van der Waals surface area (Å²) in [4.78, 5) is 19.7. The van der Waals surface area contributed by atoms with Crippen molar-refractivity contribution in [2.45, 2.75) is 6.42 Å². The molecule has 2 heterocycles. The topological polar surface area (TPSA) is 80.9 Å². The van der Waals surface area contributed by atoms with Crippen LogP contribution in [0.5, 0.6) is 0 Å². The van der Waals surface area contributed by atoms with Gasteiger partial charge in [0, 0.05) is 36.9 Å². The van der Waals surface area contributed by atoms with Crippen LogP contribution in [-0.4, -0.2) is 22.4 Å². The zero-order chi connectivity index (χ0) is 12.1. The summed E-state index contributed by atoms with van der Waals surface area (Å²) in [6.07, 6.45) is 5.49. The third-order valence-electron chi connectivity index (χ3n) is 2.13. The minimum atomic E-state index is -0.165. The van der Waals surface area contributed by atoms with Crippen molar-refractivity contribution in [1.82, 2.24) is 15.3 Å². The molecule has 0 bridgehead atoms. The van der Waals surface area contributed by atoms with E-state index in [2.05, 4.69) is 15.3 Å². The molecule has 0 spiro atoms. The normalized spacial score (nSPS) is 10.1. The van der Waals surface area contributed by atoms with Gasteiger partial charge >= 0.3 is 0 Å². The molecule has 0 aliphatic carbocycles. The molecule has 17 heavy (non-hydrogen) atoms. The van der Waals surface area contributed by atoms with Crippen molar-refractivity contribution >= 4 is 22.9 Å². The van der Waals surface area contributed by atoms with Gasteiger partial charge in [-0.3, -0.25) is 9.78 Å². The summed E-state index contributed by atoms with van der Waals surface area (Å²) in [7, 11) is 0. The van der Waals surface area contributed by atoms with Crippen LogP contribution in [0.3, 0.4) is 0 Å². The number of hydrogen-bond donors (Lipinski definition) is 2. The third-order valence-corrected chi connectivity index (χ3v) is 2.97. The maximum absolute atomic E-state index is 11.7. The van der Waals surface area contributed by atoms with Gasteiger partial charge in [0.25, 0.3) is 5.91 Å². The van der Waals surface area contributed by atoms with Crippen molar-refractivity contribution in [2.24, 2.45) is 0 Å².